The van der Waals surface area contributed by atoms with E-state index in [0.29, 0.717) is 10.4 Å². The van der Waals surface area contributed by atoms with E-state index in [4.69, 9.17) is 4.74 Å². The number of amides is 1. The van der Waals surface area contributed by atoms with Crippen LogP contribution in [0.4, 0.5) is 10.1 Å². The van der Waals surface area contributed by atoms with Gasteiger partial charge in [-0.2, -0.15) is 0 Å². The fraction of sp³-hybridized carbons (Fsp3) is 0.136. The molecule has 0 radical (unpaired) electrons. The Morgan fingerprint density at radius 2 is 1.86 bits per heavy atom. The fourth-order valence-corrected chi connectivity index (χ4v) is 4.05. The second-order valence-corrected chi connectivity index (χ2v) is 7.73. The lowest BCUT2D eigenvalue weighted by molar-refractivity contribution is -0.117. The SMILES string of the molecule is CN1C(=O)Cc2cc(C(=O)COC(=O)c3ccc(-c4ccc(F)cc4)s3)ccc21. The van der Waals surface area contributed by atoms with Gasteiger partial charge in [0, 0.05) is 23.2 Å². The summed E-state index contributed by atoms with van der Waals surface area (Å²) >= 11 is 1.21. The molecule has 0 saturated heterocycles. The zero-order valence-electron chi connectivity index (χ0n) is 15.5. The van der Waals surface area contributed by atoms with Crippen molar-refractivity contribution >= 4 is 34.7 Å². The summed E-state index contributed by atoms with van der Waals surface area (Å²) in [6.07, 6.45) is 0.258. The number of carbonyl (C=O) groups excluding carboxylic acids is 3. The smallest absolute Gasteiger partial charge is 0.348 e. The number of carbonyl (C=O) groups is 3. The Hall–Kier alpha value is -3.32. The number of esters is 1. The Morgan fingerprint density at radius 3 is 2.62 bits per heavy atom. The number of halogens is 1. The van der Waals surface area contributed by atoms with Crippen molar-refractivity contribution in [1.82, 2.24) is 0 Å². The van der Waals surface area contributed by atoms with E-state index in [1.165, 1.54) is 23.5 Å². The van der Waals surface area contributed by atoms with Gasteiger partial charge in [-0.25, -0.2) is 9.18 Å². The maximum absolute atomic E-state index is 13.0. The minimum atomic E-state index is -0.590. The molecule has 0 aliphatic carbocycles. The molecule has 0 spiro atoms. The molecule has 5 nitrogen and oxygen atoms in total. The molecule has 2 heterocycles. The molecule has 1 aliphatic rings. The van der Waals surface area contributed by atoms with Crippen LogP contribution in [0.5, 0.6) is 0 Å². The number of hydrogen-bond acceptors (Lipinski definition) is 5. The van der Waals surface area contributed by atoms with Crippen molar-refractivity contribution in [3.05, 3.63) is 76.4 Å². The van der Waals surface area contributed by atoms with Crippen molar-refractivity contribution in [2.24, 2.45) is 0 Å². The molecule has 146 valence electrons. The normalized spacial score (nSPS) is 12.8. The lowest BCUT2D eigenvalue weighted by Gasteiger charge is -2.10. The van der Waals surface area contributed by atoms with Crippen molar-refractivity contribution in [2.75, 3.05) is 18.6 Å². The van der Waals surface area contributed by atoms with Gasteiger partial charge in [-0.1, -0.05) is 12.1 Å². The first-order chi connectivity index (χ1) is 13.9. The largest absolute Gasteiger partial charge is 0.453 e. The van der Waals surface area contributed by atoms with Crippen LogP contribution in [-0.2, 0) is 16.0 Å². The summed E-state index contributed by atoms with van der Waals surface area (Å²) in [6, 6.07) is 14.4. The molecular formula is C22H16FNO4S. The van der Waals surface area contributed by atoms with Crippen LogP contribution in [0.25, 0.3) is 10.4 Å². The van der Waals surface area contributed by atoms with E-state index in [1.54, 1.807) is 54.4 Å². The zero-order valence-corrected chi connectivity index (χ0v) is 16.3. The van der Waals surface area contributed by atoms with E-state index >= 15 is 0 Å². The molecule has 2 aromatic carbocycles. The summed E-state index contributed by atoms with van der Waals surface area (Å²) in [7, 11) is 1.69. The third kappa shape index (κ3) is 3.82. The third-order valence-electron chi connectivity index (χ3n) is 4.75. The van der Waals surface area contributed by atoms with Gasteiger partial charge in [0.2, 0.25) is 5.91 Å². The van der Waals surface area contributed by atoms with Crippen LogP contribution in [0.3, 0.4) is 0 Å². The van der Waals surface area contributed by atoms with Crippen molar-refractivity contribution in [3.8, 4) is 10.4 Å². The topological polar surface area (TPSA) is 63.7 Å². The molecule has 0 bridgehead atoms. The zero-order chi connectivity index (χ0) is 20.5. The van der Waals surface area contributed by atoms with E-state index < -0.39 is 5.97 Å². The molecule has 29 heavy (non-hydrogen) atoms. The van der Waals surface area contributed by atoms with E-state index in [9.17, 15) is 18.8 Å². The first-order valence-corrected chi connectivity index (χ1v) is 9.69. The average molecular weight is 409 g/mol. The van der Waals surface area contributed by atoms with Crippen LogP contribution in [0.2, 0.25) is 0 Å². The molecule has 1 aromatic heterocycles. The summed E-state index contributed by atoms with van der Waals surface area (Å²) in [5.74, 6) is -1.28. The van der Waals surface area contributed by atoms with Gasteiger partial charge >= 0.3 is 5.97 Å². The Balaban J connectivity index is 1.40. The highest BCUT2D eigenvalue weighted by molar-refractivity contribution is 7.17. The maximum atomic E-state index is 13.0. The summed E-state index contributed by atoms with van der Waals surface area (Å²) < 4.78 is 18.2. The van der Waals surface area contributed by atoms with Crippen LogP contribution >= 0.6 is 11.3 Å². The number of ether oxygens (including phenoxy) is 1. The van der Waals surface area contributed by atoms with Crippen LogP contribution in [0.1, 0.15) is 25.6 Å². The number of Topliss-reactive ketones (excluding diaryl/α,β-unsaturated/α-hetero) is 1. The molecule has 1 aliphatic heterocycles. The monoisotopic (exact) mass is 409 g/mol. The lowest BCUT2D eigenvalue weighted by atomic mass is 10.1. The molecule has 0 N–H and O–H groups in total. The first-order valence-electron chi connectivity index (χ1n) is 8.88. The Kier molecular flexibility index (Phi) is 4.98. The highest BCUT2D eigenvalue weighted by Crippen LogP contribution is 2.30. The molecule has 7 heteroatoms. The predicted molar refractivity (Wildman–Crippen MR) is 108 cm³/mol. The van der Waals surface area contributed by atoms with Gasteiger partial charge in [0.1, 0.15) is 10.7 Å². The standard InChI is InChI=1S/C22H16FNO4S/c1-24-17-7-4-14(10-15(17)11-21(24)26)18(25)12-28-22(27)20-9-8-19(29-20)13-2-5-16(23)6-3-13/h2-10H,11-12H2,1H3. The number of thiophene rings is 1. The number of anilines is 1. The second-order valence-electron chi connectivity index (χ2n) is 6.64. The Labute approximate surface area is 170 Å². The van der Waals surface area contributed by atoms with E-state index in [0.717, 1.165) is 21.7 Å². The Morgan fingerprint density at radius 1 is 1.10 bits per heavy atom. The summed E-state index contributed by atoms with van der Waals surface area (Å²) in [6.45, 7) is -0.384. The van der Waals surface area contributed by atoms with Gasteiger partial charge in [-0.05, 0) is 53.6 Å². The van der Waals surface area contributed by atoms with Crippen molar-refractivity contribution < 1.29 is 23.5 Å². The molecule has 0 atom stereocenters. The van der Waals surface area contributed by atoms with Crippen molar-refractivity contribution in [2.45, 2.75) is 6.42 Å². The number of ketones is 1. The lowest BCUT2D eigenvalue weighted by Crippen LogP contribution is -2.20. The first kappa shape index (κ1) is 19.0. The average Bonchev–Trinajstić information content (AvgIpc) is 3.31. The highest BCUT2D eigenvalue weighted by Gasteiger charge is 2.25. The number of fused-ring (bicyclic) bond motifs is 1. The van der Waals surface area contributed by atoms with Gasteiger partial charge in [-0.15, -0.1) is 11.3 Å². The minimum Gasteiger partial charge on any atom is -0.453 e. The number of rotatable bonds is 5. The summed E-state index contributed by atoms with van der Waals surface area (Å²) in [4.78, 5) is 39.1. The van der Waals surface area contributed by atoms with Gasteiger partial charge < -0.3 is 9.64 Å². The Bertz CT molecular complexity index is 1120. The minimum absolute atomic E-state index is 0.0225. The number of benzene rings is 2. The molecule has 1 amide bonds. The molecular weight excluding hydrogens is 393 g/mol. The number of likely N-dealkylation sites (N-methyl/N-ethyl adjacent to an activating group) is 1. The molecule has 3 aromatic rings. The predicted octanol–water partition coefficient (Wildman–Crippen LogP) is 4.11. The third-order valence-corrected chi connectivity index (χ3v) is 5.86. The van der Waals surface area contributed by atoms with Crippen molar-refractivity contribution in [1.29, 1.82) is 0 Å². The van der Waals surface area contributed by atoms with E-state index in [-0.39, 0.29) is 30.5 Å². The molecule has 0 unspecified atom stereocenters. The van der Waals surface area contributed by atoms with Crippen LogP contribution in [0, 0.1) is 5.82 Å². The quantitative estimate of drug-likeness (QED) is 0.470. The number of nitrogens with zero attached hydrogens (tertiary/aromatic N) is 1. The highest BCUT2D eigenvalue weighted by atomic mass is 32.1. The summed E-state index contributed by atoms with van der Waals surface area (Å²) in [5, 5.41) is 0. The molecule has 0 fully saturated rings. The van der Waals surface area contributed by atoms with Crippen LogP contribution in [-0.4, -0.2) is 31.3 Å². The van der Waals surface area contributed by atoms with Crippen LogP contribution in [0.15, 0.2) is 54.6 Å². The van der Waals surface area contributed by atoms with Gasteiger partial charge in [0.15, 0.2) is 12.4 Å². The van der Waals surface area contributed by atoms with Crippen LogP contribution < -0.4 is 4.90 Å². The second kappa shape index (κ2) is 7.60. The molecule has 0 saturated carbocycles. The van der Waals surface area contributed by atoms with E-state index in [1.807, 2.05) is 0 Å². The fourth-order valence-electron chi connectivity index (χ4n) is 3.15. The van der Waals surface area contributed by atoms with Gasteiger partial charge in [0.25, 0.3) is 0 Å². The van der Waals surface area contributed by atoms with Gasteiger partial charge in [0.05, 0.1) is 6.42 Å². The van der Waals surface area contributed by atoms with Crippen molar-refractivity contribution in [3.63, 3.8) is 0 Å². The maximum Gasteiger partial charge on any atom is 0.348 e. The van der Waals surface area contributed by atoms with E-state index in [2.05, 4.69) is 0 Å². The summed E-state index contributed by atoms with van der Waals surface area (Å²) in [5.41, 5.74) is 2.77. The number of hydrogen-bond donors (Lipinski definition) is 0. The van der Waals surface area contributed by atoms with Gasteiger partial charge in [-0.3, -0.25) is 9.59 Å². The molecule has 4 rings (SSSR count).